The predicted octanol–water partition coefficient (Wildman–Crippen LogP) is 8.91. The topological polar surface area (TPSA) is 52.3 Å². The van der Waals surface area contributed by atoms with Crippen LogP contribution in [0.4, 0.5) is 0 Å². The van der Waals surface area contributed by atoms with Crippen LogP contribution in [0.15, 0.2) is 24.3 Å². The normalized spacial score (nSPS) is 12.1. The first-order valence-corrected chi connectivity index (χ1v) is 14.2. The third kappa shape index (κ3) is 16.8. The van der Waals surface area contributed by atoms with Gasteiger partial charge >= 0.3 is 5.97 Å². The van der Waals surface area contributed by atoms with Gasteiger partial charge in [0.1, 0.15) is 11.8 Å². The van der Waals surface area contributed by atoms with Gasteiger partial charge in [0.2, 0.25) is 0 Å². The maximum atomic E-state index is 12.3. The van der Waals surface area contributed by atoms with E-state index in [0.29, 0.717) is 12.2 Å². The first-order chi connectivity index (χ1) is 16.2. The Labute approximate surface area is 205 Å². The molecule has 0 aliphatic carbocycles. The molecule has 1 aromatic carbocycles. The zero-order chi connectivity index (χ0) is 24.0. The average molecular weight is 460 g/mol. The number of hydrogen-bond acceptors (Lipinski definition) is 3. The predicted molar refractivity (Wildman–Crippen MR) is 143 cm³/mol. The quantitative estimate of drug-likeness (QED) is 0.107. The molecule has 3 nitrogen and oxygen atoms in total. The number of carbonyl (C=O) groups excluding carboxylic acids is 1. The summed E-state index contributed by atoms with van der Waals surface area (Å²) in [5.74, 6) is 0.304. The molecule has 0 saturated carbocycles. The maximum absolute atomic E-state index is 12.3. The molecule has 1 rings (SSSR count). The van der Waals surface area contributed by atoms with Crippen molar-refractivity contribution in [2.45, 2.75) is 148 Å². The van der Waals surface area contributed by atoms with E-state index in [1.807, 2.05) is 12.1 Å². The van der Waals surface area contributed by atoms with Gasteiger partial charge in [-0.15, -0.1) is 0 Å². The second kappa shape index (κ2) is 21.2. The number of esters is 1. The summed E-state index contributed by atoms with van der Waals surface area (Å²) >= 11 is 0. The molecule has 1 unspecified atom stereocenters. The number of hydrogen-bond donors (Lipinski definition) is 1. The molecule has 0 heterocycles. The molecule has 1 atom stereocenters. The molecule has 2 N–H and O–H groups in total. The standard InChI is InChI=1S/C30H53NO2/c1-3-5-7-9-11-13-14-15-17-19-21-27-23-25-28(26-24-27)33-30(32)29(31)22-20-18-16-12-10-8-6-4-2/h23-26,29H,3-22,31H2,1-2H3. The summed E-state index contributed by atoms with van der Waals surface area (Å²) in [6.07, 6.45) is 25.4. The highest BCUT2D eigenvalue weighted by molar-refractivity contribution is 5.77. The molecule has 0 aliphatic heterocycles. The summed E-state index contributed by atoms with van der Waals surface area (Å²) in [4.78, 5) is 12.3. The third-order valence-corrected chi connectivity index (χ3v) is 6.63. The van der Waals surface area contributed by atoms with Crippen LogP contribution in [0.5, 0.6) is 5.75 Å². The van der Waals surface area contributed by atoms with E-state index < -0.39 is 6.04 Å². The van der Waals surface area contributed by atoms with Crippen molar-refractivity contribution in [3.8, 4) is 5.75 Å². The molecule has 0 bridgehead atoms. The highest BCUT2D eigenvalue weighted by atomic mass is 16.5. The molecule has 0 fully saturated rings. The van der Waals surface area contributed by atoms with Crippen molar-refractivity contribution in [3.05, 3.63) is 29.8 Å². The lowest BCUT2D eigenvalue weighted by Crippen LogP contribution is -2.34. The van der Waals surface area contributed by atoms with Crippen LogP contribution >= 0.6 is 0 Å². The van der Waals surface area contributed by atoms with Crippen molar-refractivity contribution in [1.29, 1.82) is 0 Å². The molecule has 33 heavy (non-hydrogen) atoms. The van der Waals surface area contributed by atoms with Crippen LogP contribution in [0.1, 0.15) is 141 Å². The number of nitrogens with two attached hydrogens (primary N) is 1. The zero-order valence-electron chi connectivity index (χ0n) is 21.9. The lowest BCUT2D eigenvalue weighted by atomic mass is 10.0. The van der Waals surface area contributed by atoms with Crippen LogP contribution in [-0.2, 0) is 11.2 Å². The van der Waals surface area contributed by atoms with Gasteiger partial charge in [-0.05, 0) is 37.0 Å². The van der Waals surface area contributed by atoms with E-state index in [1.165, 1.54) is 108 Å². The Kier molecular flexibility index (Phi) is 19.1. The van der Waals surface area contributed by atoms with Crippen molar-refractivity contribution in [3.63, 3.8) is 0 Å². The molecule has 0 aromatic heterocycles. The lowest BCUT2D eigenvalue weighted by molar-refractivity contribution is -0.136. The summed E-state index contributed by atoms with van der Waals surface area (Å²) in [5.41, 5.74) is 7.36. The van der Waals surface area contributed by atoms with E-state index in [0.717, 1.165) is 19.3 Å². The third-order valence-electron chi connectivity index (χ3n) is 6.63. The molecule has 1 aromatic rings. The lowest BCUT2D eigenvalue weighted by Gasteiger charge is -2.11. The fourth-order valence-electron chi connectivity index (χ4n) is 4.35. The van der Waals surface area contributed by atoms with Crippen LogP contribution in [0.3, 0.4) is 0 Å². The van der Waals surface area contributed by atoms with Crippen LogP contribution in [0, 0.1) is 0 Å². The second-order valence-electron chi connectivity index (χ2n) is 9.87. The molecule has 0 spiro atoms. The highest BCUT2D eigenvalue weighted by Crippen LogP contribution is 2.17. The minimum atomic E-state index is -0.517. The molecule has 3 heteroatoms. The van der Waals surface area contributed by atoms with E-state index in [-0.39, 0.29) is 5.97 Å². The van der Waals surface area contributed by atoms with Crippen LogP contribution in [0.2, 0.25) is 0 Å². The summed E-state index contributed by atoms with van der Waals surface area (Å²) in [6, 6.07) is 7.47. The molecule has 190 valence electrons. The van der Waals surface area contributed by atoms with E-state index in [2.05, 4.69) is 26.0 Å². The van der Waals surface area contributed by atoms with E-state index >= 15 is 0 Å². The summed E-state index contributed by atoms with van der Waals surface area (Å²) in [5, 5.41) is 0. The SMILES string of the molecule is CCCCCCCCCCCCc1ccc(OC(=O)C(N)CCCCCCCCCC)cc1. The average Bonchev–Trinajstić information content (AvgIpc) is 2.82. The number of carbonyl (C=O) groups is 1. The minimum Gasteiger partial charge on any atom is -0.425 e. The van der Waals surface area contributed by atoms with Crippen LogP contribution in [0.25, 0.3) is 0 Å². The van der Waals surface area contributed by atoms with Crippen LogP contribution in [-0.4, -0.2) is 12.0 Å². The van der Waals surface area contributed by atoms with Crippen LogP contribution < -0.4 is 10.5 Å². The Bertz CT molecular complexity index is 569. The van der Waals surface area contributed by atoms with Crippen molar-refractivity contribution in [2.75, 3.05) is 0 Å². The fraction of sp³-hybridized carbons (Fsp3) is 0.767. The number of unbranched alkanes of at least 4 members (excludes halogenated alkanes) is 16. The number of aryl methyl sites for hydroxylation is 1. The molecule has 0 aliphatic rings. The molecular weight excluding hydrogens is 406 g/mol. The van der Waals surface area contributed by atoms with Gasteiger partial charge in [-0.1, -0.05) is 135 Å². The zero-order valence-corrected chi connectivity index (χ0v) is 21.9. The fourth-order valence-corrected chi connectivity index (χ4v) is 4.35. The van der Waals surface area contributed by atoms with Crippen molar-refractivity contribution < 1.29 is 9.53 Å². The first kappa shape index (κ1) is 29.7. The Hall–Kier alpha value is -1.35. The maximum Gasteiger partial charge on any atom is 0.328 e. The Morgan fingerprint density at radius 3 is 1.58 bits per heavy atom. The van der Waals surface area contributed by atoms with Crippen molar-refractivity contribution in [2.24, 2.45) is 5.73 Å². The van der Waals surface area contributed by atoms with Gasteiger partial charge < -0.3 is 10.5 Å². The molecule has 0 radical (unpaired) electrons. The number of ether oxygens (including phenoxy) is 1. The Balaban J connectivity index is 2.07. The summed E-state index contributed by atoms with van der Waals surface area (Å²) in [6.45, 7) is 4.52. The van der Waals surface area contributed by atoms with E-state index in [9.17, 15) is 4.79 Å². The molecular formula is C30H53NO2. The van der Waals surface area contributed by atoms with E-state index in [1.54, 1.807) is 0 Å². The van der Waals surface area contributed by atoms with Gasteiger partial charge in [-0.3, -0.25) is 0 Å². The van der Waals surface area contributed by atoms with Gasteiger partial charge in [0.25, 0.3) is 0 Å². The van der Waals surface area contributed by atoms with E-state index in [4.69, 9.17) is 10.5 Å². The summed E-state index contributed by atoms with van der Waals surface area (Å²) in [7, 11) is 0. The number of rotatable bonds is 22. The number of benzene rings is 1. The van der Waals surface area contributed by atoms with Gasteiger partial charge in [0, 0.05) is 0 Å². The second-order valence-corrected chi connectivity index (χ2v) is 9.87. The first-order valence-electron chi connectivity index (χ1n) is 14.2. The smallest absolute Gasteiger partial charge is 0.328 e. The molecule has 0 amide bonds. The van der Waals surface area contributed by atoms with Gasteiger partial charge in [-0.25, -0.2) is 4.79 Å². The monoisotopic (exact) mass is 459 g/mol. The Morgan fingerprint density at radius 1 is 0.667 bits per heavy atom. The van der Waals surface area contributed by atoms with Crippen molar-refractivity contribution in [1.82, 2.24) is 0 Å². The molecule has 0 saturated heterocycles. The summed E-state index contributed by atoms with van der Waals surface area (Å²) < 4.78 is 5.49. The largest absolute Gasteiger partial charge is 0.425 e. The van der Waals surface area contributed by atoms with Crippen molar-refractivity contribution >= 4 is 5.97 Å². The minimum absolute atomic E-state index is 0.305. The highest BCUT2D eigenvalue weighted by Gasteiger charge is 2.15. The Morgan fingerprint density at radius 2 is 1.09 bits per heavy atom. The van der Waals surface area contributed by atoms with Gasteiger partial charge in [0.15, 0.2) is 0 Å². The van der Waals surface area contributed by atoms with Gasteiger partial charge in [-0.2, -0.15) is 0 Å². The van der Waals surface area contributed by atoms with Gasteiger partial charge in [0.05, 0.1) is 0 Å².